The van der Waals surface area contributed by atoms with E-state index < -0.39 is 0 Å². The van der Waals surface area contributed by atoms with Gasteiger partial charge in [-0.25, -0.2) is 0 Å². The number of hydrogen-bond acceptors (Lipinski definition) is 4. The molecule has 1 heterocycles. The van der Waals surface area contributed by atoms with E-state index in [1.165, 1.54) is 11.1 Å². The zero-order valence-corrected chi connectivity index (χ0v) is 17.3. The molecule has 1 aliphatic carbocycles. The van der Waals surface area contributed by atoms with Gasteiger partial charge in [0.25, 0.3) is 0 Å². The molecular weight excluding hydrogens is 362 g/mol. The zero-order chi connectivity index (χ0) is 20.1. The number of fused-ring (bicyclic) bond motifs is 1. The van der Waals surface area contributed by atoms with E-state index in [1.807, 2.05) is 12.1 Å². The Morgan fingerprint density at radius 3 is 2.66 bits per heavy atom. The van der Waals surface area contributed by atoms with Gasteiger partial charge in [-0.3, -0.25) is 9.69 Å². The highest BCUT2D eigenvalue weighted by molar-refractivity contribution is 5.76. The van der Waals surface area contributed by atoms with Gasteiger partial charge in [0.2, 0.25) is 5.91 Å². The minimum Gasteiger partial charge on any atom is -0.495 e. The van der Waals surface area contributed by atoms with Crippen molar-refractivity contribution in [2.75, 3.05) is 44.7 Å². The molecule has 1 saturated heterocycles. The number of carbonyl (C=O) groups excluding carboxylic acids is 1. The molecule has 2 aliphatic rings. The van der Waals surface area contributed by atoms with E-state index in [2.05, 4.69) is 51.5 Å². The molecule has 2 aromatic rings. The number of nitrogens with zero attached hydrogens (tertiary/aromatic N) is 2. The minimum atomic E-state index is 0.166. The van der Waals surface area contributed by atoms with E-state index in [0.29, 0.717) is 6.42 Å². The lowest BCUT2D eigenvalue weighted by atomic mass is 9.87. The molecule has 1 aliphatic heterocycles. The largest absolute Gasteiger partial charge is 0.495 e. The Labute approximate surface area is 173 Å². The van der Waals surface area contributed by atoms with Gasteiger partial charge in [0.15, 0.2) is 0 Å². The summed E-state index contributed by atoms with van der Waals surface area (Å²) in [7, 11) is 1.72. The first kappa shape index (κ1) is 19.8. The van der Waals surface area contributed by atoms with Gasteiger partial charge in [-0.2, -0.15) is 0 Å². The number of anilines is 1. The van der Waals surface area contributed by atoms with Gasteiger partial charge in [0.05, 0.1) is 18.8 Å². The Morgan fingerprint density at radius 2 is 1.83 bits per heavy atom. The lowest BCUT2D eigenvalue weighted by molar-refractivity contribution is -0.122. The predicted octanol–water partition coefficient (Wildman–Crippen LogP) is 3.40. The Balaban J connectivity index is 1.24. The molecule has 0 radical (unpaired) electrons. The van der Waals surface area contributed by atoms with Gasteiger partial charge in [0, 0.05) is 39.1 Å². The average molecular weight is 394 g/mol. The molecular formula is C24H31N3O2. The van der Waals surface area contributed by atoms with Crippen LogP contribution in [0.25, 0.3) is 0 Å². The molecule has 29 heavy (non-hydrogen) atoms. The first-order chi connectivity index (χ1) is 14.2. The number of piperazine rings is 1. The Bertz CT molecular complexity index is 830. The van der Waals surface area contributed by atoms with E-state index in [-0.39, 0.29) is 11.9 Å². The summed E-state index contributed by atoms with van der Waals surface area (Å²) in [5, 5.41) is 3.27. The lowest BCUT2D eigenvalue weighted by Gasteiger charge is -2.36. The molecule has 0 spiro atoms. The molecule has 0 unspecified atom stereocenters. The summed E-state index contributed by atoms with van der Waals surface area (Å²) in [5.41, 5.74) is 3.84. The molecule has 0 bridgehead atoms. The van der Waals surface area contributed by atoms with Crippen LogP contribution in [0.15, 0.2) is 48.5 Å². The second-order valence-electron chi connectivity index (χ2n) is 7.96. The highest BCUT2D eigenvalue weighted by Crippen LogP contribution is 2.30. The van der Waals surface area contributed by atoms with Crippen LogP contribution < -0.4 is 15.0 Å². The van der Waals surface area contributed by atoms with Crippen molar-refractivity contribution in [1.29, 1.82) is 0 Å². The standard InChI is InChI=1S/C24H31N3O2/c1-29-23-12-5-4-11-22(23)27-17-15-26(16-18-27)14-13-24(28)25-21-10-6-8-19-7-2-3-9-20(19)21/h2-5,7,9,11-12,21H,6,8,10,13-18H2,1H3,(H,25,28)/t21-/m0/s1. The van der Waals surface area contributed by atoms with Crippen LogP contribution in [0.2, 0.25) is 0 Å². The maximum atomic E-state index is 12.6. The third-order valence-electron chi connectivity index (χ3n) is 6.16. The summed E-state index contributed by atoms with van der Waals surface area (Å²) >= 11 is 0. The fraction of sp³-hybridized carbons (Fsp3) is 0.458. The maximum Gasteiger partial charge on any atom is 0.221 e. The number of rotatable bonds is 6. The molecule has 5 heteroatoms. The second kappa shape index (κ2) is 9.31. The Morgan fingerprint density at radius 1 is 1.07 bits per heavy atom. The Hall–Kier alpha value is -2.53. The molecule has 1 fully saturated rings. The molecule has 0 aromatic heterocycles. The number of nitrogens with one attached hydrogen (secondary N) is 1. The number of benzene rings is 2. The maximum absolute atomic E-state index is 12.6. The normalized spacial score (nSPS) is 19.5. The van der Waals surface area contributed by atoms with Crippen LogP contribution in [-0.2, 0) is 11.2 Å². The SMILES string of the molecule is COc1ccccc1N1CCN(CCC(=O)N[C@H]2CCCc3ccccc32)CC1. The third kappa shape index (κ3) is 4.73. The van der Waals surface area contributed by atoms with Crippen molar-refractivity contribution in [2.45, 2.75) is 31.7 Å². The van der Waals surface area contributed by atoms with Gasteiger partial charge >= 0.3 is 0 Å². The average Bonchev–Trinajstić information content (AvgIpc) is 2.78. The number of carbonyl (C=O) groups is 1. The third-order valence-corrected chi connectivity index (χ3v) is 6.16. The first-order valence-corrected chi connectivity index (χ1v) is 10.7. The van der Waals surface area contributed by atoms with Crippen LogP contribution in [-0.4, -0.2) is 50.6 Å². The number of para-hydroxylation sites is 2. The van der Waals surface area contributed by atoms with E-state index in [4.69, 9.17) is 4.74 Å². The van der Waals surface area contributed by atoms with Crippen molar-refractivity contribution in [3.05, 3.63) is 59.7 Å². The van der Waals surface area contributed by atoms with Gasteiger partial charge < -0.3 is 15.0 Å². The molecule has 5 nitrogen and oxygen atoms in total. The number of aryl methyl sites for hydroxylation is 1. The van der Waals surface area contributed by atoms with Crippen LogP contribution in [0.4, 0.5) is 5.69 Å². The van der Waals surface area contributed by atoms with E-state index >= 15 is 0 Å². The van der Waals surface area contributed by atoms with Crippen LogP contribution in [0, 0.1) is 0 Å². The monoisotopic (exact) mass is 393 g/mol. The number of amides is 1. The smallest absolute Gasteiger partial charge is 0.221 e. The van der Waals surface area contributed by atoms with Gasteiger partial charge in [0.1, 0.15) is 5.75 Å². The fourth-order valence-electron chi connectivity index (χ4n) is 4.53. The molecule has 1 amide bonds. The van der Waals surface area contributed by atoms with Gasteiger partial charge in [-0.05, 0) is 42.5 Å². The molecule has 154 valence electrons. The van der Waals surface area contributed by atoms with Gasteiger partial charge in [-0.15, -0.1) is 0 Å². The van der Waals surface area contributed by atoms with Crippen LogP contribution in [0.1, 0.15) is 36.4 Å². The van der Waals surface area contributed by atoms with Crippen molar-refractivity contribution >= 4 is 11.6 Å². The number of hydrogen-bond donors (Lipinski definition) is 1. The summed E-state index contributed by atoms with van der Waals surface area (Å²) in [5.74, 6) is 1.09. The first-order valence-electron chi connectivity index (χ1n) is 10.7. The molecule has 0 saturated carbocycles. The van der Waals surface area contributed by atoms with Crippen molar-refractivity contribution in [3.8, 4) is 5.75 Å². The lowest BCUT2D eigenvalue weighted by Crippen LogP contribution is -2.47. The summed E-state index contributed by atoms with van der Waals surface area (Å²) < 4.78 is 5.49. The van der Waals surface area contributed by atoms with Crippen LogP contribution in [0.3, 0.4) is 0 Å². The fourth-order valence-corrected chi connectivity index (χ4v) is 4.53. The van der Waals surface area contributed by atoms with Crippen LogP contribution in [0.5, 0.6) is 5.75 Å². The van der Waals surface area contributed by atoms with Crippen molar-refractivity contribution in [2.24, 2.45) is 0 Å². The van der Waals surface area contributed by atoms with E-state index in [0.717, 1.165) is 63.4 Å². The van der Waals surface area contributed by atoms with Crippen molar-refractivity contribution in [3.63, 3.8) is 0 Å². The second-order valence-corrected chi connectivity index (χ2v) is 7.96. The predicted molar refractivity (Wildman–Crippen MR) is 117 cm³/mol. The van der Waals surface area contributed by atoms with Crippen LogP contribution >= 0.6 is 0 Å². The summed E-state index contributed by atoms with van der Waals surface area (Å²) in [4.78, 5) is 17.3. The summed E-state index contributed by atoms with van der Waals surface area (Å²) in [6, 6.07) is 16.9. The topological polar surface area (TPSA) is 44.8 Å². The number of ether oxygens (including phenoxy) is 1. The number of methoxy groups -OCH3 is 1. The molecule has 4 rings (SSSR count). The quantitative estimate of drug-likeness (QED) is 0.817. The van der Waals surface area contributed by atoms with Crippen molar-refractivity contribution < 1.29 is 9.53 Å². The zero-order valence-electron chi connectivity index (χ0n) is 17.3. The highest BCUT2D eigenvalue weighted by atomic mass is 16.5. The minimum absolute atomic E-state index is 0.166. The summed E-state index contributed by atoms with van der Waals surface area (Å²) in [6.45, 7) is 4.67. The molecule has 2 aromatic carbocycles. The van der Waals surface area contributed by atoms with E-state index in [9.17, 15) is 4.79 Å². The Kier molecular flexibility index (Phi) is 6.35. The van der Waals surface area contributed by atoms with Crippen molar-refractivity contribution in [1.82, 2.24) is 10.2 Å². The summed E-state index contributed by atoms with van der Waals surface area (Å²) in [6.07, 6.45) is 3.87. The molecule has 1 N–H and O–H groups in total. The van der Waals surface area contributed by atoms with Gasteiger partial charge in [-0.1, -0.05) is 36.4 Å². The molecule has 1 atom stereocenters. The van der Waals surface area contributed by atoms with E-state index in [1.54, 1.807) is 7.11 Å². The highest BCUT2D eigenvalue weighted by Gasteiger charge is 2.23.